The van der Waals surface area contributed by atoms with Crippen molar-refractivity contribution < 1.29 is 22.7 Å². The van der Waals surface area contributed by atoms with E-state index >= 15 is 4.79 Å². The van der Waals surface area contributed by atoms with E-state index in [9.17, 15) is 13.2 Å². The highest BCUT2D eigenvalue weighted by Crippen LogP contribution is 2.66. The number of hydrogen-bond donors (Lipinski definition) is 1. The summed E-state index contributed by atoms with van der Waals surface area (Å²) in [5.41, 5.74) is 5.49. The monoisotopic (exact) mass is 670 g/mol. The summed E-state index contributed by atoms with van der Waals surface area (Å²) in [4.78, 5) is 33.1. The third-order valence-electron chi connectivity index (χ3n) is 12.5. The molecule has 0 radical (unpaired) electrons. The Hall–Kier alpha value is -3.37. The van der Waals surface area contributed by atoms with E-state index in [2.05, 4.69) is 38.3 Å². The van der Waals surface area contributed by atoms with Crippen LogP contribution in [0.4, 0.5) is 0 Å². The second-order valence-corrected chi connectivity index (χ2v) is 17.5. The maximum atomic E-state index is 15.0. The van der Waals surface area contributed by atoms with Crippen LogP contribution in [0.1, 0.15) is 97.5 Å². The number of aromatic nitrogens is 1. The molecule has 1 aromatic heterocycles. The number of carbonyl (C=O) groups excluding carboxylic acids is 2. The average Bonchev–Trinajstić information content (AvgIpc) is 3.98. The van der Waals surface area contributed by atoms with Gasteiger partial charge in [0.05, 0.1) is 24.0 Å². The molecule has 254 valence electrons. The lowest BCUT2D eigenvalue weighted by molar-refractivity contribution is -0.143. The number of rotatable bonds is 7. The van der Waals surface area contributed by atoms with Crippen molar-refractivity contribution in [1.82, 2.24) is 19.1 Å². The third kappa shape index (κ3) is 4.91. The van der Waals surface area contributed by atoms with Crippen LogP contribution in [0.25, 0.3) is 22.2 Å². The molecule has 5 fully saturated rings. The molecule has 9 rings (SSSR count). The molecule has 3 aromatic rings. The molecule has 2 bridgehead atoms. The third-order valence-corrected chi connectivity index (χ3v) is 13.9. The fourth-order valence-corrected chi connectivity index (χ4v) is 11.4. The number of amides is 2. The lowest BCUT2D eigenvalue weighted by Gasteiger charge is -2.41. The molecule has 4 unspecified atom stereocenters. The van der Waals surface area contributed by atoms with Gasteiger partial charge in [-0.1, -0.05) is 25.3 Å². The van der Waals surface area contributed by atoms with Crippen molar-refractivity contribution in [2.24, 2.45) is 11.3 Å². The molecule has 10 heteroatoms. The molecule has 4 atom stereocenters. The molecular weight excluding hydrogens is 625 g/mol. The van der Waals surface area contributed by atoms with Gasteiger partial charge in [-0.2, -0.15) is 0 Å². The van der Waals surface area contributed by atoms with Crippen LogP contribution < -0.4 is 9.46 Å². The Morgan fingerprint density at radius 3 is 2.42 bits per heavy atom. The van der Waals surface area contributed by atoms with Gasteiger partial charge in [0.25, 0.3) is 5.91 Å². The molecule has 1 N–H and O–H groups in total. The Morgan fingerprint density at radius 1 is 0.958 bits per heavy atom. The first-order chi connectivity index (χ1) is 23.2. The van der Waals surface area contributed by atoms with Crippen LogP contribution in [-0.2, 0) is 21.4 Å². The quantitative estimate of drug-likeness (QED) is 0.350. The summed E-state index contributed by atoms with van der Waals surface area (Å²) < 4.78 is 36.1. The standard InChI is InChI=1S/C38H46N4O5S/c1-40-19-26-11-12-27(20-40)42(26)37(44)38-18-32(38)31-17-28(47-2)13-15-29(31)35-34(24-6-4-3-5-7-24)30-14-10-25(16-33(30)41(35)22-38)36(43)39-48(45,46)21-23-8-9-23/h10,13-17,23-24,26-27,32H,3-9,11-12,18-22H2,1-2H3,(H,39,43). The maximum Gasteiger partial charge on any atom is 0.264 e. The number of likely N-dealkylation sites (tertiary alicyclic amines) is 1. The van der Waals surface area contributed by atoms with Crippen LogP contribution >= 0.6 is 0 Å². The summed E-state index contributed by atoms with van der Waals surface area (Å²) in [5, 5.41) is 1.11. The first-order valence-corrected chi connectivity index (χ1v) is 19.7. The SMILES string of the molecule is COc1ccc2c(c1)C1CC1(C(=O)N1C3CCC1CN(C)C3)Cn1c-2c(C2CCCCC2)c2ccc(C(=O)NS(=O)(=O)CC3CC3)cc21. The molecule has 2 aromatic carbocycles. The number of ether oxygens (including phenoxy) is 1. The van der Waals surface area contributed by atoms with Crippen molar-refractivity contribution in [2.45, 2.75) is 94.7 Å². The smallest absolute Gasteiger partial charge is 0.264 e. The molecule has 0 spiro atoms. The Morgan fingerprint density at radius 2 is 1.71 bits per heavy atom. The van der Waals surface area contributed by atoms with Crippen LogP contribution in [-0.4, -0.2) is 79.7 Å². The minimum absolute atomic E-state index is 0.00607. The topological polar surface area (TPSA) is 101 Å². The maximum absolute atomic E-state index is 15.0. The first-order valence-electron chi connectivity index (χ1n) is 18.1. The molecule has 3 aliphatic carbocycles. The Kier molecular flexibility index (Phi) is 7.07. The number of hydrogen-bond acceptors (Lipinski definition) is 6. The number of piperazine rings is 1. The van der Waals surface area contributed by atoms with Gasteiger partial charge in [0, 0.05) is 59.7 Å². The summed E-state index contributed by atoms with van der Waals surface area (Å²) >= 11 is 0. The normalized spacial score (nSPS) is 28.4. The van der Waals surface area contributed by atoms with Crippen molar-refractivity contribution in [2.75, 3.05) is 33.0 Å². The number of nitrogens with zero attached hydrogens (tertiary/aromatic N) is 3. The van der Waals surface area contributed by atoms with Gasteiger partial charge in [0.1, 0.15) is 5.75 Å². The van der Waals surface area contributed by atoms with Crippen molar-refractivity contribution in [3.63, 3.8) is 0 Å². The van der Waals surface area contributed by atoms with Crippen LogP contribution in [0.15, 0.2) is 36.4 Å². The number of methoxy groups -OCH3 is 1. The zero-order valence-corrected chi connectivity index (χ0v) is 28.9. The van der Waals surface area contributed by atoms with Crippen LogP contribution in [0.2, 0.25) is 0 Å². The minimum Gasteiger partial charge on any atom is -0.497 e. The average molecular weight is 671 g/mol. The van der Waals surface area contributed by atoms with E-state index in [1.54, 1.807) is 13.2 Å². The molecule has 4 heterocycles. The van der Waals surface area contributed by atoms with E-state index in [0.29, 0.717) is 18.0 Å². The first kappa shape index (κ1) is 30.7. The molecule has 48 heavy (non-hydrogen) atoms. The lowest BCUT2D eigenvalue weighted by atomic mass is 9.81. The van der Waals surface area contributed by atoms with Crippen molar-refractivity contribution in [1.29, 1.82) is 0 Å². The van der Waals surface area contributed by atoms with Crippen LogP contribution in [0, 0.1) is 11.3 Å². The highest BCUT2D eigenvalue weighted by Gasteiger charge is 2.65. The van der Waals surface area contributed by atoms with Gasteiger partial charge in [-0.3, -0.25) is 9.59 Å². The molecule has 6 aliphatic rings. The van der Waals surface area contributed by atoms with Gasteiger partial charge in [-0.25, -0.2) is 13.1 Å². The highest BCUT2D eigenvalue weighted by molar-refractivity contribution is 7.90. The molecule has 9 nitrogen and oxygen atoms in total. The highest BCUT2D eigenvalue weighted by atomic mass is 32.2. The van der Waals surface area contributed by atoms with E-state index in [4.69, 9.17) is 4.74 Å². The summed E-state index contributed by atoms with van der Waals surface area (Å²) in [7, 11) is 0.147. The fourth-order valence-electron chi connectivity index (χ4n) is 9.96. The number of nitrogens with one attached hydrogen (secondary N) is 1. The van der Waals surface area contributed by atoms with E-state index in [-0.39, 0.29) is 35.6 Å². The van der Waals surface area contributed by atoms with Gasteiger partial charge in [-0.15, -0.1) is 0 Å². The van der Waals surface area contributed by atoms with E-state index in [0.717, 1.165) is 85.9 Å². The van der Waals surface area contributed by atoms with Gasteiger partial charge in [0.2, 0.25) is 15.9 Å². The summed E-state index contributed by atoms with van der Waals surface area (Å²) in [6.45, 7) is 2.38. The van der Waals surface area contributed by atoms with Crippen molar-refractivity contribution >= 4 is 32.7 Å². The zero-order valence-electron chi connectivity index (χ0n) is 28.0. The number of sulfonamides is 1. The predicted molar refractivity (Wildman–Crippen MR) is 185 cm³/mol. The molecular formula is C38H46N4O5S. The fraction of sp³-hybridized carbons (Fsp3) is 0.579. The number of fused-ring (bicyclic) bond motifs is 9. The van der Waals surface area contributed by atoms with Gasteiger partial charge in [0.15, 0.2) is 0 Å². The second-order valence-electron chi connectivity index (χ2n) is 15.8. The van der Waals surface area contributed by atoms with Gasteiger partial charge < -0.3 is 19.1 Å². The lowest BCUT2D eigenvalue weighted by Crippen LogP contribution is -2.57. The largest absolute Gasteiger partial charge is 0.497 e. The molecule has 3 saturated carbocycles. The van der Waals surface area contributed by atoms with E-state index < -0.39 is 21.3 Å². The molecule has 3 aliphatic heterocycles. The Bertz CT molecular complexity index is 1930. The van der Waals surface area contributed by atoms with Gasteiger partial charge in [-0.05, 0) is 105 Å². The zero-order chi connectivity index (χ0) is 32.9. The van der Waals surface area contributed by atoms with Crippen LogP contribution in [0.5, 0.6) is 5.75 Å². The summed E-state index contributed by atoms with van der Waals surface area (Å²) in [5.74, 6) is 1.09. The van der Waals surface area contributed by atoms with E-state index in [1.165, 1.54) is 30.4 Å². The number of likely N-dealkylation sites (N-methyl/N-ethyl adjacent to an activating group) is 1. The van der Waals surface area contributed by atoms with Crippen molar-refractivity contribution in [3.8, 4) is 17.0 Å². The minimum atomic E-state index is -3.72. The number of benzene rings is 2. The Balaban J connectivity index is 1.21. The molecule has 2 amide bonds. The second kappa shape index (κ2) is 11.1. The van der Waals surface area contributed by atoms with Crippen LogP contribution in [0.3, 0.4) is 0 Å². The Labute approximate surface area is 283 Å². The van der Waals surface area contributed by atoms with Gasteiger partial charge >= 0.3 is 0 Å². The number of carbonyl (C=O) groups is 2. The van der Waals surface area contributed by atoms with Crippen molar-refractivity contribution in [3.05, 3.63) is 53.1 Å². The summed E-state index contributed by atoms with van der Waals surface area (Å²) in [6, 6.07) is 12.6. The summed E-state index contributed by atoms with van der Waals surface area (Å²) in [6.07, 6.45) is 10.5. The molecule has 2 saturated heterocycles. The van der Waals surface area contributed by atoms with E-state index in [1.807, 2.05) is 18.2 Å². The predicted octanol–water partition coefficient (Wildman–Crippen LogP) is 5.63.